The van der Waals surface area contributed by atoms with Crippen LogP contribution in [0, 0.1) is 0 Å². The second-order valence-electron chi connectivity index (χ2n) is 16.2. The molecule has 2 heterocycles. The summed E-state index contributed by atoms with van der Waals surface area (Å²) in [6.07, 6.45) is 0. The molecule has 2 aliphatic carbocycles. The second kappa shape index (κ2) is 13.6. The molecule has 0 unspecified atom stereocenters. The van der Waals surface area contributed by atoms with Gasteiger partial charge in [0.15, 0.2) is 17.5 Å². The number of fused-ring (bicyclic) bond motifs is 13. The molecule has 1 spiro atoms. The molecule has 0 atom stereocenters. The van der Waals surface area contributed by atoms with Crippen molar-refractivity contribution in [1.29, 1.82) is 0 Å². The molecule has 9 aromatic carbocycles. The van der Waals surface area contributed by atoms with E-state index in [0.717, 1.165) is 33.4 Å². The highest BCUT2D eigenvalue weighted by Gasteiger charge is 2.52. The molecule has 0 aliphatic heterocycles. The number of hydrogen-bond donors (Lipinski definition) is 0. The third-order valence-corrected chi connectivity index (χ3v) is 14.2. The Morgan fingerprint density at radius 1 is 0.290 bits per heavy atom. The van der Waals surface area contributed by atoms with Crippen LogP contribution in [0.15, 0.2) is 212 Å². The molecule has 0 radical (unpaired) electrons. The van der Waals surface area contributed by atoms with Gasteiger partial charge in [-0.05, 0) is 72.8 Å². The number of hydrogen-bond acceptors (Lipinski definition) is 4. The molecule has 3 nitrogen and oxygen atoms in total. The van der Waals surface area contributed by atoms with E-state index in [-0.39, 0.29) is 0 Å². The summed E-state index contributed by atoms with van der Waals surface area (Å²) >= 11 is 1.85. The zero-order chi connectivity index (χ0) is 40.8. The van der Waals surface area contributed by atoms with Crippen LogP contribution >= 0.6 is 11.3 Å². The summed E-state index contributed by atoms with van der Waals surface area (Å²) in [7, 11) is 0. The summed E-state index contributed by atoms with van der Waals surface area (Å²) < 4.78 is 2.60. The Kier molecular flexibility index (Phi) is 7.69. The van der Waals surface area contributed by atoms with Crippen molar-refractivity contribution in [2.75, 3.05) is 0 Å². The van der Waals surface area contributed by atoms with Crippen LogP contribution in [0.25, 0.3) is 98.8 Å². The van der Waals surface area contributed by atoms with Crippen LogP contribution in [0.3, 0.4) is 0 Å². The lowest BCUT2D eigenvalue weighted by Crippen LogP contribution is -2.26. The van der Waals surface area contributed by atoms with Crippen LogP contribution in [0.5, 0.6) is 0 Å². The Bertz CT molecular complexity index is 3520. The van der Waals surface area contributed by atoms with Gasteiger partial charge in [-0.15, -0.1) is 11.3 Å². The van der Waals surface area contributed by atoms with Crippen LogP contribution < -0.4 is 0 Å². The SMILES string of the molecule is c1ccc(-c2ccccc2-c2nc(-c3ccc(-c4cccc5c4sc4ccccc45)cc3)nc(-c3cccc4c3C3(c5ccccc5-c5ccccc53)c3ccccc3-4)n2)cc1. The van der Waals surface area contributed by atoms with Gasteiger partial charge in [-0.1, -0.05) is 206 Å². The zero-order valence-corrected chi connectivity index (χ0v) is 34.3. The molecular formula is C58H35N3S. The van der Waals surface area contributed by atoms with Crippen LogP contribution in [-0.4, -0.2) is 15.0 Å². The molecule has 2 aliphatic rings. The summed E-state index contributed by atoms with van der Waals surface area (Å²) in [5, 5.41) is 2.59. The van der Waals surface area contributed by atoms with E-state index in [1.165, 1.54) is 70.2 Å². The number of thiophene rings is 1. The minimum Gasteiger partial charge on any atom is -0.208 e. The predicted molar refractivity (Wildman–Crippen MR) is 256 cm³/mol. The molecule has 11 aromatic rings. The van der Waals surface area contributed by atoms with Gasteiger partial charge in [0.2, 0.25) is 0 Å². The lowest BCUT2D eigenvalue weighted by atomic mass is 9.69. The van der Waals surface area contributed by atoms with Gasteiger partial charge in [-0.25, -0.2) is 15.0 Å². The van der Waals surface area contributed by atoms with E-state index in [4.69, 9.17) is 15.0 Å². The van der Waals surface area contributed by atoms with Crippen LogP contribution in [-0.2, 0) is 5.41 Å². The largest absolute Gasteiger partial charge is 0.208 e. The Hall–Kier alpha value is -7.79. The summed E-state index contributed by atoms with van der Waals surface area (Å²) in [6.45, 7) is 0. The first kappa shape index (κ1) is 35.0. The van der Waals surface area contributed by atoms with Crippen molar-refractivity contribution < 1.29 is 0 Å². The standard InChI is InChI=1S/C58H35N3S/c1-2-16-36(17-3-1)39-18-4-5-23-47(39)56-59-55(38-34-32-37(33-35-38)40-24-14-26-46-44-22-9-13-31-52(44)62-54(40)46)60-57(61-56)48-27-15-25-45-43-21-8-12-30-51(43)58(53(45)48)49-28-10-6-19-41(49)42-20-7-11-29-50(42)58/h1-35H. The predicted octanol–water partition coefficient (Wildman–Crippen LogP) is 14.9. The van der Waals surface area contributed by atoms with Crippen molar-refractivity contribution in [2.45, 2.75) is 5.41 Å². The van der Waals surface area contributed by atoms with Gasteiger partial charge in [0.1, 0.15) is 0 Å². The van der Waals surface area contributed by atoms with Crippen LogP contribution in [0.1, 0.15) is 22.3 Å². The van der Waals surface area contributed by atoms with Crippen molar-refractivity contribution in [3.05, 3.63) is 235 Å². The first-order chi connectivity index (χ1) is 30.8. The lowest BCUT2D eigenvalue weighted by Gasteiger charge is -2.31. The van der Waals surface area contributed by atoms with Crippen molar-refractivity contribution in [1.82, 2.24) is 15.0 Å². The molecule has 0 bridgehead atoms. The number of nitrogens with zero attached hydrogens (tertiary/aromatic N) is 3. The average molecular weight is 806 g/mol. The maximum absolute atomic E-state index is 5.49. The summed E-state index contributed by atoms with van der Waals surface area (Å²) in [6, 6.07) is 76.5. The molecular weight excluding hydrogens is 771 g/mol. The summed E-state index contributed by atoms with van der Waals surface area (Å²) in [5.41, 5.74) is 17.0. The van der Waals surface area contributed by atoms with E-state index in [1.807, 2.05) is 11.3 Å². The van der Waals surface area contributed by atoms with Crippen LogP contribution in [0.4, 0.5) is 0 Å². The molecule has 2 aromatic heterocycles. The van der Waals surface area contributed by atoms with Gasteiger partial charge in [-0.3, -0.25) is 0 Å². The normalized spacial score (nSPS) is 13.0. The van der Waals surface area contributed by atoms with Crippen molar-refractivity contribution >= 4 is 31.5 Å². The fraction of sp³-hybridized carbons (Fsp3) is 0.0172. The summed E-state index contributed by atoms with van der Waals surface area (Å²) in [5.74, 6) is 1.92. The van der Waals surface area contributed by atoms with Crippen molar-refractivity contribution in [3.63, 3.8) is 0 Å². The van der Waals surface area contributed by atoms with E-state index in [1.54, 1.807) is 0 Å². The quantitative estimate of drug-likeness (QED) is 0.174. The Morgan fingerprint density at radius 3 is 1.45 bits per heavy atom. The molecule has 288 valence electrons. The fourth-order valence-electron chi connectivity index (χ4n) is 10.4. The molecule has 0 fully saturated rings. The minimum atomic E-state index is -0.556. The number of aromatic nitrogens is 3. The maximum Gasteiger partial charge on any atom is 0.164 e. The highest BCUT2D eigenvalue weighted by molar-refractivity contribution is 7.26. The monoisotopic (exact) mass is 805 g/mol. The first-order valence-corrected chi connectivity index (χ1v) is 21.9. The Morgan fingerprint density at radius 2 is 0.742 bits per heavy atom. The van der Waals surface area contributed by atoms with E-state index in [9.17, 15) is 0 Å². The van der Waals surface area contributed by atoms with Gasteiger partial charge in [-0.2, -0.15) is 0 Å². The lowest BCUT2D eigenvalue weighted by molar-refractivity contribution is 0.794. The van der Waals surface area contributed by atoms with Crippen LogP contribution in [0.2, 0.25) is 0 Å². The van der Waals surface area contributed by atoms with E-state index >= 15 is 0 Å². The molecule has 0 amide bonds. The molecule has 13 rings (SSSR count). The molecule has 0 saturated heterocycles. The number of rotatable bonds is 5. The van der Waals surface area contributed by atoms with E-state index in [2.05, 4.69) is 212 Å². The maximum atomic E-state index is 5.49. The third-order valence-electron chi connectivity index (χ3n) is 13.0. The molecule has 0 N–H and O–H groups in total. The summed E-state index contributed by atoms with van der Waals surface area (Å²) in [4.78, 5) is 16.3. The van der Waals surface area contributed by atoms with Gasteiger partial charge in [0, 0.05) is 36.9 Å². The van der Waals surface area contributed by atoms with E-state index in [0.29, 0.717) is 17.5 Å². The highest BCUT2D eigenvalue weighted by atomic mass is 32.1. The van der Waals surface area contributed by atoms with Crippen molar-refractivity contribution in [2.24, 2.45) is 0 Å². The van der Waals surface area contributed by atoms with Gasteiger partial charge in [0.25, 0.3) is 0 Å². The van der Waals surface area contributed by atoms with E-state index < -0.39 is 5.41 Å². The van der Waals surface area contributed by atoms with Gasteiger partial charge in [0.05, 0.1) is 5.41 Å². The van der Waals surface area contributed by atoms with Crippen molar-refractivity contribution in [3.8, 4) is 78.7 Å². The zero-order valence-electron chi connectivity index (χ0n) is 33.5. The Balaban J connectivity index is 1.05. The topological polar surface area (TPSA) is 38.7 Å². The second-order valence-corrected chi connectivity index (χ2v) is 17.2. The average Bonchev–Trinajstić information content (AvgIpc) is 3.99. The van der Waals surface area contributed by atoms with Gasteiger partial charge < -0.3 is 0 Å². The molecule has 4 heteroatoms. The number of benzene rings is 9. The smallest absolute Gasteiger partial charge is 0.164 e. The Labute approximate surface area is 363 Å². The van der Waals surface area contributed by atoms with Gasteiger partial charge >= 0.3 is 0 Å². The third kappa shape index (κ3) is 5.02. The fourth-order valence-corrected chi connectivity index (χ4v) is 11.6. The highest BCUT2D eigenvalue weighted by Crippen LogP contribution is 2.64. The molecule has 62 heavy (non-hydrogen) atoms. The first-order valence-electron chi connectivity index (χ1n) is 21.1. The molecule has 0 saturated carbocycles. The minimum absolute atomic E-state index is 0.556.